The molecule has 1 fully saturated rings. The van der Waals surface area contributed by atoms with Crippen LogP contribution in [-0.4, -0.2) is 58.2 Å². The van der Waals surface area contributed by atoms with Gasteiger partial charge in [0.1, 0.15) is 35.8 Å². The summed E-state index contributed by atoms with van der Waals surface area (Å²) >= 11 is 6.42. The summed E-state index contributed by atoms with van der Waals surface area (Å²) in [6.45, 7) is 4.21. The van der Waals surface area contributed by atoms with Crippen molar-refractivity contribution in [2.45, 2.75) is 50.3 Å². The van der Waals surface area contributed by atoms with Crippen molar-refractivity contribution in [2.24, 2.45) is 0 Å². The largest absolute Gasteiger partial charge is 0.484 e. The van der Waals surface area contributed by atoms with Crippen LogP contribution in [0.1, 0.15) is 36.6 Å². The van der Waals surface area contributed by atoms with E-state index in [9.17, 15) is 20.1 Å². The third-order valence-electron chi connectivity index (χ3n) is 5.65. The van der Waals surface area contributed by atoms with E-state index in [-0.39, 0.29) is 5.60 Å². The van der Waals surface area contributed by atoms with Crippen LogP contribution in [0.15, 0.2) is 36.4 Å². The van der Waals surface area contributed by atoms with E-state index in [1.54, 1.807) is 18.2 Å². The van der Waals surface area contributed by atoms with Crippen LogP contribution in [-0.2, 0) is 16.0 Å². The van der Waals surface area contributed by atoms with E-state index in [0.717, 1.165) is 22.6 Å². The molecule has 0 aromatic heterocycles. The van der Waals surface area contributed by atoms with Gasteiger partial charge >= 0.3 is 0 Å². The number of rotatable bonds is 4. The molecule has 1 saturated heterocycles. The van der Waals surface area contributed by atoms with Gasteiger partial charge in [0.05, 0.1) is 18.8 Å². The van der Waals surface area contributed by atoms with E-state index in [1.807, 2.05) is 32.0 Å². The lowest BCUT2D eigenvalue weighted by Gasteiger charge is -2.35. The number of hydrogen-bond acceptors (Lipinski definition) is 7. The standard InChI is InChI=1S/C23H26ClNO6/c1-23(2)11-25-16-8-12(3-6-17(16)31-23)7-14-9-13(4-5-15(14)24)22-21(29)20(28)19(27)18(10-26)30-22/h3-6,8-9,18-19,21-22,25-27,29H,7,10-11H2,1-2H3/t18-,19+,21?,22+/m1/s1. The second kappa shape index (κ2) is 8.41. The van der Waals surface area contributed by atoms with Gasteiger partial charge in [-0.2, -0.15) is 0 Å². The van der Waals surface area contributed by atoms with Crippen molar-refractivity contribution in [1.29, 1.82) is 0 Å². The first-order valence-electron chi connectivity index (χ1n) is 10.2. The molecule has 0 saturated carbocycles. The van der Waals surface area contributed by atoms with Gasteiger partial charge in [-0.05, 0) is 55.2 Å². The third kappa shape index (κ3) is 4.42. The van der Waals surface area contributed by atoms with Gasteiger partial charge in [-0.1, -0.05) is 29.8 Å². The third-order valence-corrected chi connectivity index (χ3v) is 6.02. The molecule has 7 nitrogen and oxygen atoms in total. The fourth-order valence-corrected chi connectivity index (χ4v) is 4.12. The van der Waals surface area contributed by atoms with Crippen LogP contribution in [0.4, 0.5) is 5.69 Å². The van der Waals surface area contributed by atoms with Gasteiger partial charge in [0.2, 0.25) is 0 Å². The van der Waals surface area contributed by atoms with E-state index in [2.05, 4.69) is 5.32 Å². The van der Waals surface area contributed by atoms with Gasteiger partial charge in [0.25, 0.3) is 0 Å². The molecular formula is C23H26ClNO6. The summed E-state index contributed by atoms with van der Waals surface area (Å²) in [6, 6.07) is 11.1. The van der Waals surface area contributed by atoms with Crippen molar-refractivity contribution in [3.8, 4) is 5.75 Å². The van der Waals surface area contributed by atoms with Gasteiger partial charge in [0.15, 0.2) is 5.78 Å². The summed E-state index contributed by atoms with van der Waals surface area (Å²) in [5.41, 5.74) is 3.00. The van der Waals surface area contributed by atoms with Crippen molar-refractivity contribution in [1.82, 2.24) is 0 Å². The molecule has 166 valence electrons. The second-order valence-corrected chi connectivity index (χ2v) is 9.05. The molecule has 0 aliphatic carbocycles. The summed E-state index contributed by atoms with van der Waals surface area (Å²) < 4.78 is 11.6. The first-order chi connectivity index (χ1) is 14.7. The Balaban J connectivity index is 1.58. The highest BCUT2D eigenvalue weighted by molar-refractivity contribution is 6.31. The minimum absolute atomic E-state index is 0.273. The molecule has 0 bridgehead atoms. The Kier molecular flexibility index (Phi) is 5.98. The molecule has 4 N–H and O–H groups in total. The molecule has 4 atom stereocenters. The van der Waals surface area contributed by atoms with Crippen LogP contribution < -0.4 is 10.1 Å². The molecule has 0 spiro atoms. The second-order valence-electron chi connectivity index (χ2n) is 8.64. The lowest BCUT2D eigenvalue weighted by Crippen LogP contribution is -2.52. The van der Waals surface area contributed by atoms with E-state index in [1.165, 1.54) is 0 Å². The maximum atomic E-state index is 12.2. The number of aliphatic hydroxyl groups is 3. The number of ether oxygens (including phenoxy) is 2. The lowest BCUT2D eigenvalue weighted by atomic mass is 9.91. The Hall–Kier alpha value is -2.16. The van der Waals surface area contributed by atoms with Crippen molar-refractivity contribution < 1.29 is 29.6 Å². The topological polar surface area (TPSA) is 108 Å². The zero-order valence-corrected chi connectivity index (χ0v) is 18.1. The molecule has 2 aromatic carbocycles. The van der Waals surface area contributed by atoms with Crippen LogP contribution in [0.3, 0.4) is 0 Å². The van der Waals surface area contributed by atoms with E-state index in [4.69, 9.17) is 21.1 Å². The monoisotopic (exact) mass is 447 g/mol. The van der Waals surface area contributed by atoms with Gasteiger partial charge < -0.3 is 30.1 Å². The molecule has 31 heavy (non-hydrogen) atoms. The summed E-state index contributed by atoms with van der Waals surface area (Å²) in [6.07, 6.45) is -4.65. The average molecular weight is 448 g/mol. The van der Waals surface area contributed by atoms with Gasteiger partial charge in [-0.15, -0.1) is 0 Å². The number of halogens is 1. The Morgan fingerprint density at radius 3 is 2.68 bits per heavy atom. The molecule has 8 heteroatoms. The first-order valence-corrected chi connectivity index (χ1v) is 10.6. The minimum atomic E-state index is -1.56. The number of anilines is 1. The summed E-state index contributed by atoms with van der Waals surface area (Å²) in [5, 5.41) is 33.5. The van der Waals surface area contributed by atoms with Crippen molar-refractivity contribution in [3.05, 3.63) is 58.1 Å². The highest BCUT2D eigenvalue weighted by Gasteiger charge is 2.43. The van der Waals surface area contributed by atoms with Crippen molar-refractivity contribution in [2.75, 3.05) is 18.5 Å². The van der Waals surface area contributed by atoms with Crippen LogP contribution >= 0.6 is 11.6 Å². The number of benzene rings is 2. The van der Waals surface area contributed by atoms with Crippen molar-refractivity contribution in [3.63, 3.8) is 0 Å². The first kappa shape index (κ1) is 22.0. The summed E-state index contributed by atoms with van der Waals surface area (Å²) in [5.74, 6) is 0.0289. The molecule has 1 unspecified atom stereocenters. The van der Waals surface area contributed by atoms with Gasteiger partial charge in [0, 0.05) is 5.02 Å². The normalized spacial score (nSPS) is 27.2. The van der Waals surface area contributed by atoms with Crippen LogP contribution in [0.2, 0.25) is 5.02 Å². The molecular weight excluding hydrogens is 422 g/mol. The number of carbonyl (C=O) groups is 1. The zero-order chi connectivity index (χ0) is 22.3. The number of carbonyl (C=O) groups excluding carboxylic acids is 1. The maximum absolute atomic E-state index is 12.2. The van der Waals surface area contributed by atoms with Crippen molar-refractivity contribution >= 4 is 23.1 Å². The highest BCUT2D eigenvalue weighted by Crippen LogP contribution is 2.36. The lowest BCUT2D eigenvalue weighted by molar-refractivity contribution is -0.189. The van der Waals surface area contributed by atoms with Crippen LogP contribution in [0.25, 0.3) is 0 Å². The molecule has 2 aliphatic heterocycles. The summed E-state index contributed by atoms with van der Waals surface area (Å²) in [4.78, 5) is 12.2. The maximum Gasteiger partial charge on any atom is 0.195 e. The predicted octanol–water partition coefficient (Wildman–Crippen LogP) is 2.24. The molecule has 2 heterocycles. The zero-order valence-electron chi connectivity index (χ0n) is 17.3. The highest BCUT2D eigenvalue weighted by atomic mass is 35.5. The number of hydrogen-bond donors (Lipinski definition) is 4. The molecule has 0 radical (unpaired) electrons. The number of fused-ring (bicyclic) bond motifs is 1. The molecule has 0 amide bonds. The number of aliphatic hydroxyl groups excluding tert-OH is 3. The fourth-order valence-electron chi connectivity index (χ4n) is 3.93. The van der Waals surface area contributed by atoms with E-state index >= 15 is 0 Å². The molecule has 2 aromatic rings. The minimum Gasteiger partial charge on any atom is -0.484 e. The summed E-state index contributed by atoms with van der Waals surface area (Å²) in [7, 11) is 0. The van der Waals surface area contributed by atoms with Gasteiger partial charge in [-0.25, -0.2) is 0 Å². The van der Waals surface area contributed by atoms with Gasteiger partial charge in [-0.3, -0.25) is 4.79 Å². The van der Waals surface area contributed by atoms with E-state index < -0.39 is 36.8 Å². The Bertz CT molecular complexity index is 994. The SMILES string of the molecule is CC1(C)CNc2cc(Cc3cc([C@@H]4O[C@H](CO)[C@H](O)C(=O)C4O)ccc3Cl)ccc2O1. The van der Waals surface area contributed by atoms with E-state index in [0.29, 0.717) is 23.6 Å². The quantitative estimate of drug-likeness (QED) is 0.569. The van der Waals surface area contributed by atoms with Crippen LogP contribution in [0, 0.1) is 0 Å². The Morgan fingerprint density at radius 2 is 1.94 bits per heavy atom. The smallest absolute Gasteiger partial charge is 0.195 e. The van der Waals surface area contributed by atoms with Crippen LogP contribution in [0.5, 0.6) is 5.75 Å². The number of ketones is 1. The molecule has 4 rings (SSSR count). The average Bonchev–Trinajstić information content (AvgIpc) is 2.74. The Labute approximate surface area is 185 Å². The number of Topliss-reactive ketones (excluding diaryl/α,β-unsaturated/α-hetero) is 1. The Morgan fingerprint density at radius 1 is 1.16 bits per heavy atom. The number of nitrogens with one attached hydrogen (secondary N) is 1. The molecule has 2 aliphatic rings. The fraction of sp³-hybridized carbons (Fsp3) is 0.435. The predicted molar refractivity (Wildman–Crippen MR) is 116 cm³/mol.